The van der Waals surface area contributed by atoms with Crippen LogP contribution in [0.4, 0.5) is 5.82 Å². The Bertz CT molecular complexity index is 835. The fourth-order valence-electron chi connectivity index (χ4n) is 2.20. The molecular weight excluding hydrogens is 420 g/mol. The van der Waals surface area contributed by atoms with Gasteiger partial charge < -0.3 is 40.3 Å². The van der Waals surface area contributed by atoms with Crippen LogP contribution in [-0.4, -0.2) is 63.9 Å². The minimum absolute atomic E-state index is 0.180. The summed E-state index contributed by atoms with van der Waals surface area (Å²) in [6.07, 6.45) is -5.03. The Labute approximate surface area is 149 Å². The van der Waals surface area contributed by atoms with Crippen molar-refractivity contribution >= 4 is 21.5 Å². The number of rotatable bonds is 7. The Kier molecular flexibility index (Phi) is 6.23. The molecule has 1 aromatic rings. The first-order valence-corrected chi connectivity index (χ1v) is 9.82. The van der Waals surface area contributed by atoms with Crippen molar-refractivity contribution in [2.75, 3.05) is 12.3 Å². The lowest BCUT2D eigenvalue weighted by Gasteiger charge is -2.30. The number of hydrogen-bond donors (Lipinski definition) is 7. The minimum atomic E-state index is -5.42. The summed E-state index contributed by atoms with van der Waals surface area (Å²) in [6, 6.07) is 1.13. The van der Waals surface area contributed by atoms with Crippen LogP contribution in [0, 0.1) is 0 Å². The van der Waals surface area contributed by atoms with E-state index < -0.39 is 52.2 Å². The van der Waals surface area contributed by atoms with Crippen molar-refractivity contribution in [3.05, 3.63) is 22.7 Å². The quantitative estimate of drug-likeness (QED) is 0.0970. The summed E-state index contributed by atoms with van der Waals surface area (Å²) >= 11 is 0. The fourth-order valence-corrected chi connectivity index (χ4v) is 3.00. The van der Waals surface area contributed by atoms with Gasteiger partial charge in [0.25, 0.3) is 0 Å². The zero-order valence-corrected chi connectivity index (χ0v) is 14.8. The average Bonchev–Trinajstić information content (AvgIpc) is 2.69. The number of aliphatic hydroxyl groups is 2. The van der Waals surface area contributed by atoms with Gasteiger partial charge in [-0.05, 0) is 6.07 Å². The molecule has 16 nitrogen and oxygen atoms in total. The van der Waals surface area contributed by atoms with E-state index >= 15 is 0 Å². The summed E-state index contributed by atoms with van der Waals surface area (Å²) in [5, 5.41) is 20.6. The van der Waals surface area contributed by atoms with Gasteiger partial charge in [-0.3, -0.25) is 4.57 Å². The van der Waals surface area contributed by atoms with Crippen molar-refractivity contribution in [3.63, 3.8) is 0 Å². The van der Waals surface area contributed by atoms with E-state index in [0.29, 0.717) is 4.57 Å². The van der Waals surface area contributed by atoms with Crippen LogP contribution < -0.4 is 11.4 Å². The smallest absolute Gasteiger partial charge is 0.383 e. The first-order chi connectivity index (χ1) is 12.2. The van der Waals surface area contributed by atoms with E-state index in [4.69, 9.17) is 30.0 Å². The van der Waals surface area contributed by atoms with Crippen molar-refractivity contribution in [2.45, 2.75) is 24.2 Å². The van der Waals surface area contributed by atoms with Gasteiger partial charge in [0.2, 0.25) is 5.79 Å². The third-order valence-corrected chi connectivity index (χ3v) is 4.05. The average molecular weight is 435 g/mol. The monoisotopic (exact) mass is 435 g/mol. The van der Waals surface area contributed by atoms with Crippen molar-refractivity contribution < 1.29 is 57.7 Å². The van der Waals surface area contributed by atoms with E-state index in [1.54, 1.807) is 0 Å². The molecule has 4 atom stereocenters. The van der Waals surface area contributed by atoms with E-state index in [1.807, 2.05) is 0 Å². The molecule has 1 fully saturated rings. The lowest BCUT2D eigenvalue weighted by Crippen LogP contribution is -2.51. The van der Waals surface area contributed by atoms with E-state index in [2.05, 4.69) is 19.1 Å². The maximum Gasteiger partial charge on any atom is 0.496 e. The van der Waals surface area contributed by atoms with E-state index in [9.17, 15) is 24.1 Å². The lowest BCUT2D eigenvalue weighted by molar-refractivity contribution is -0.279. The van der Waals surface area contributed by atoms with Crippen LogP contribution in [0.1, 0.15) is 6.23 Å². The number of nitrogen functional groups attached to an aromatic ring is 1. The number of phosphoric acid groups is 2. The lowest BCUT2D eigenvalue weighted by atomic mass is 10.1. The molecular formula is C9H15N3O13P2. The number of nitrogens with zero attached hydrogens (tertiary/aromatic N) is 2. The van der Waals surface area contributed by atoms with Crippen molar-refractivity contribution in [1.82, 2.24) is 9.55 Å². The molecule has 0 radical (unpaired) electrons. The molecule has 2 rings (SSSR count). The molecule has 1 aliphatic rings. The predicted octanol–water partition coefficient (Wildman–Crippen LogP) is -3.08. The number of nitrogens with two attached hydrogens (primary N) is 1. The van der Waals surface area contributed by atoms with E-state index in [1.165, 1.54) is 0 Å². The van der Waals surface area contributed by atoms with Crippen molar-refractivity contribution in [3.8, 4) is 0 Å². The first kappa shape index (κ1) is 22.0. The molecule has 1 aliphatic heterocycles. The Morgan fingerprint density at radius 3 is 2.44 bits per heavy atom. The van der Waals surface area contributed by atoms with Crippen LogP contribution in [0.5, 0.6) is 0 Å². The van der Waals surface area contributed by atoms with Gasteiger partial charge in [-0.1, -0.05) is 0 Å². The Morgan fingerprint density at radius 2 is 1.93 bits per heavy atom. The summed E-state index contributed by atoms with van der Waals surface area (Å²) in [5.74, 6) is -3.34. The topological polar surface area (TPSA) is 253 Å². The molecule has 0 saturated carbocycles. The van der Waals surface area contributed by atoms with Crippen molar-refractivity contribution in [2.24, 2.45) is 0 Å². The van der Waals surface area contributed by atoms with Crippen LogP contribution in [0.2, 0.25) is 0 Å². The van der Waals surface area contributed by atoms with E-state index in [0.717, 1.165) is 12.3 Å². The van der Waals surface area contributed by atoms with Gasteiger partial charge in [0.15, 0.2) is 12.3 Å². The number of phosphoric ester groups is 1. The molecule has 18 heteroatoms. The number of hydrogen-bond acceptors (Lipinski definition) is 11. The van der Waals surface area contributed by atoms with Crippen LogP contribution in [0.25, 0.3) is 0 Å². The highest BCUT2D eigenvalue weighted by Gasteiger charge is 2.60. The third-order valence-electron chi connectivity index (χ3n) is 3.22. The van der Waals surface area contributed by atoms with Crippen LogP contribution in [-0.2, 0) is 28.0 Å². The summed E-state index contributed by atoms with van der Waals surface area (Å²) in [7, 11) is -10.5. The molecule has 2 heterocycles. The molecule has 0 bridgehead atoms. The zero-order valence-electron chi connectivity index (χ0n) is 13.0. The van der Waals surface area contributed by atoms with Crippen LogP contribution >= 0.6 is 15.6 Å². The number of anilines is 1. The first-order valence-electron chi connectivity index (χ1n) is 6.76. The highest BCUT2D eigenvalue weighted by molar-refractivity contribution is 7.46. The second-order valence-electron chi connectivity index (χ2n) is 5.19. The van der Waals surface area contributed by atoms with Crippen LogP contribution in [0.15, 0.2) is 17.1 Å². The predicted molar refractivity (Wildman–Crippen MR) is 80.0 cm³/mol. The van der Waals surface area contributed by atoms with Crippen molar-refractivity contribution in [1.29, 1.82) is 0 Å². The summed E-state index contributed by atoms with van der Waals surface area (Å²) in [5.41, 5.74) is 4.27. The largest absolute Gasteiger partial charge is 0.496 e. The molecule has 1 aromatic heterocycles. The van der Waals surface area contributed by atoms with Gasteiger partial charge in [0.05, 0.1) is 0 Å². The molecule has 0 amide bonds. The summed E-state index contributed by atoms with van der Waals surface area (Å²) in [4.78, 5) is 54.4. The molecule has 0 aliphatic carbocycles. The van der Waals surface area contributed by atoms with Gasteiger partial charge in [0, 0.05) is 6.20 Å². The van der Waals surface area contributed by atoms with Gasteiger partial charge in [-0.25, -0.2) is 23.3 Å². The molecule has 0 spiro atoms. The second-order valence-corrected chi connectivity index (χ2v) is 7.48. The molecule has 1 saturated heterocycles. The molecule has 154 valence electrons. The normalized spacial score (nSPS) is 29.2. The molecule has 0 aromatic carbocycles. The van der Waals surface area contributed by atoms with Gasteiger partial charge >= 0.3 is 21.3 Å². The minimum Gasteiger partial charge on any atom is -0.383 e. The van der Waals surface area contributed by atoms with Crippen LogP contribution in [0.3, 0.4) is 0 Å². The van der Waals surface area contributed by atoms with Gasteiger partial charge in [0.1, 0.15) is 18.5 Å². The molecule has 0 unspecified atom stereocenters. The summed E-state index contributed by atoms with van der Waals surface area (Å²) in [6.45, 7) is -1.08. The number of aromatic nitrogens is 2. The third kappa shape index (κ3) is 5.39. The maximum absolute atomic E-state index is 11.9. The maximum atomic E-state index is 11.9. The molecule has 27 heavy (non-hydrogen) atoms. The number of aliphatic hydroxyl groups excluding tert-OH is 1. The van der Waals surface area contributed by atoms with Gasteiger partial charge in [-0.15, -0.1) is 4.67 Å². The highest BCUT2D eigenvalue weighted by Crippen LogP contribution is 2.49. The molecule has 8 N–H and O–H groups in total. The second kappa shape index (κ2) is 7.63. The van der Waals surface area contributed by atoms with Gasteiger partial charge in [-0.2, -0.15) is 4.98 Å². The van der Waals surface area contributed by atoms with E-state index in [-0.39, 0.29) is 5.82 Å². The fraction of sp³-hybridized carbons (Fsp3) is 0.556. The summed E-state index contributed by atoms with van der Waals surface area (Å²) < 4.78 is 35.3. The Balaban J connectivity index is 2.33. The Morgan fingerprint density at radius 1 is 1.30 bits per heavy atom. The number of ether oxygens (including phenoxy) is 1. The Hall–Kier alpha value is -1.26. The zero-order chi connectivity index (χ0) is 20.6. The highest BCUT2D eigenvalue weighted by atomic mass is 31.2. The standard InChI is InChI=1S/C9H15N3O13P2/c10-5-1-2-12(8(14)11-5)7-6(13)9(15,24-26(16,17)18)4(23-7)3-22-25-27(19,20)21/h1-2,4,6-7,13,15H,3H2,(H2,10,11,14)(H2,16,17,18)(H2,19,20,21)/t4-,6+,7-,9+/m1/s1. The SMILES string of the molecule is Nc1ccn([C@@H]2O[C@H](COOP(=O)(O)O)[C@](O)(OP(=O)(O)O)[C@H]2O)c(=O)n1.